The van der Waals surface area contributed by atoms with E-state index in [2.05, 4.69) is 27.7 Å². The molecule has 0 unspecified atom stereocenters. The Bertz CT molecular complexity index is 362. The Morgan fingerprint density at radius 1 is 1.42 bits per heavy atom. The van der Waals surface area contributed by atoms with Crippen LogP contribution in [0, 0.1) is 0 Å². The van der Waals surface area contributed by atoms with Crippen LogP contribution >= 0.6 is 11.3 Å². The van der Waals surface area contributed by atoms with Crippen LogP contribution in [-0.2, 0) is 16.0 Å². The van der Waals surface area contributed by atoms with Crippen LogP contribution in [0.4, 0.5) is 0 Å². The molecule has 1 aliphatic heterocycles. The predicted molar refractivity (Wildman–Crippen MR) is 77.5 cm³/mol. The maximum absolute atomic E-state index is 11.7. The first-order valence-corrected chi connectivity index (χ1v) is 7.82. The minimum atomic E-state index is 0.171. The van der Waals surface area contributed by atoms with Gasteiger partial charge in [-0.15, -0.1) is 11.3 Å². The van der Waals surface area contributed by atoms with Gasteiger partial charge >= 0.3 is 0 Å². The van der Waals surface area contributed by atoms with E-state index in [1.54, 1.807) is 11.3 Å². The topological polar surface area (TPSA) is 41.6 Å². The Kier molecular flexibility index (Phi) is 6.33. The van der Waals surface area contributed by atoms with Gasteiger partial charge in [0.2, 0.25) is 5.91 Å². The molecule has 2 heterocycles. The van der Waals surface area contributed by atoms with Crippen molar-refractivity contribution in [1.82, 2.24) is 10.2 Å². The third-order valence-corrected chi connectivity index (χ3v) is 4.20. The Morgan fingerprint density at radius 2 is 2.26 bits per heavy atom. The molecule has 19 heavy (non-hydrogen) atoms. The monoisotopic (exact) mass is 282 g/mol. The molecule has 1 saturated heterocycles. The third-order valence-electron chi connectivity index (χ3n) is 3.26. The zero-order valence-corrected chi connectivity index (χ0v) is 12.1. The van der Waals surface area contributed by atoms with Crippen LogP contribution in [0.25, 0.3) is 0 Å². The molecular weight excluding hydrogens is 260 g/mol. The van der Waals surface area contributed by atoms with Gasteiger partial charge in [-0.25, -0.2) is 0 Å². The first-order chi connectivity index (χ1) is 9.34. The SMILES string of the molecule is O=C(CCCc1cccs1)NCCN1CCOCC1. The van der Waals surface area contributed by atoms with E-state index in [9.17, 15) is 4.79 Å². The molecule has 0 radical (unpaired) electrons. The Hall–Kier alpha value is -0.910. The van der Waals surface area contributed by atoms with Crippen molar-refractivity contribution in [1.29, 1.82) is 0 Å². The van der Waals surface area contributed by atoms with Gasteiger partial charge in [-0.1, -0.05) is 6.07 Å². The van der Waals surface area contributed by atoms with Crippen molar-refractivity contribution >= 4 is 17.2 Å². The van der Waals surface area contributed by atoms with Crippen molar-refractivity contribution in [2.75, 3.05) is 39.4 Å². The largest absolute Gasteiger partial charge is 0.379 e. The number of hydrogen-bond acceptors (Lipinski definition) is 4. The Morgan fingerprint density at radius 3 is 3.00 bits per heavy atom. The van der Waals surface area contributed by atoms with Crippen molar-refractivity contribution in [2.45, 2.75) is 19.3 Å². The molecule has 0 bridgehead atoms. The van der Waals surface area contributed by atoms with E-state index in [1.165, 1.54) is 4.88 Å². The summed E-state index contributed by atoms with van der Waals surface area (Å²) in [6.07, 6.45) is 2.57. The van der Waals surface area contributed by atoms with E-state index in [4.69, 9.17) is 4.74 Å². The van der Waals surface area contributed by atoms with E-state index >= 15 is 0 Å². The molecule has 4 nitrogen and oxygen atoms in total. The first-order valence-electron chi connectivity index (χ1n) is 6.94. The second-order valence-electron chi connectivity index (χ2n) is 4.74. The summed E-state index contributed by atoms with van der Waals surface area (Å²) < 4.78 is 5.29. The summed E-state index contributed by atoms with van der Waals surface area (Å²) >= 11 is 1.76. The Labute approximate surface area is 118 Å². The van der Waals surface area contributed by atoms with Gasteiger partial charge in [0.05, 0.1) is 13.2 Å². The fraction of sp³-hybridized carbons (Fsp3) is 0.643. The number of hydrogen-bond donors (Lipinski definition) is 1. The number of amides is 1. The molecule has 0 spiro atoms. The van der Waals surface area contributed by atoms with Crippen LogP contribution in [0.15, 0.2) is 17.5 Å². The lowest BCUT2D eigenvalue weighted by molar-refractivity contribution is -0.121. The number of carbonyl (C=O) groups is 1. The highest BCUT2D eigenvalue weighted by atomic mass is 32.1. The molecular formula is C14H22N2O2S. The zero-order valence-electron chi connectivity index (χ0n) is 11.3. The molecule has 1 aromatic rings. The lowest BCUT2D eigenvalue weighted by Crippen LogP contribution is -2.41. The maximum atomic E-state index is 11.7. The van der Waals surface area contributed by atoms with Gasteiger partial charge in [0, 0.05) is 37.5 Å². The van der Waals surface area contributed by atoms with E-state index in [-0.39, 0.29) is 5.91 Å². The lowest BCUT2D eigenvalue weighted by atomic mass is 10.2. The average Bonchev–Trinajstić information content (AvgIpc) is 2.93. The van der Waals surface area contributed by atoms with E-state index in [0.29, 0.717) is 6.42 Å². The number of rotatable bonds is 7. The number of nitrogens with one attached hydrogen (secondary N) is 1. The summed E-state index contributed by atoms with van der Waals surface area (Å²) in [6, 6.07) is 4.18. The van der Waals surface area contributed by atoms with Gasteiger partial charge < -0.3 is 10.1 Å². The minimum absolute atomic E-state index is 0.171. The normalized spacial score (nSPS) is 16.4. The molecule has 1 N–H and O–H groups in total. The Balaban J connectivity index is 1.49. The maximum Gasteiger partial charge on any atom is 0.220 e. The standard InChI is InChI=1S/C14H22N2O2S/c17-14(5-1-3-13-4-2-12-19-13)15-6-7-16-8-10-18-11-9-16/h2,4,12H,1,3,5-11H2,(H,15,17). The van der Waals surface area contributed by atoms with Crippen LogP contribution in [0.2, 0.25) is 0 Å². The van der Waals surface area contributed by atoms with Gasteiger partial charge in [0.1, 0.15) is 0 Å². The number of ether oxygens (including phenoxy) is 1. The molecule has 0 atom stereocenters. The quantitative estimate of drug-likeness (QED) is 0.824. The van der Waals surface area contributed by atoms with Crippen molar-refractivity contribution in [3.8, 4) is 0 Å². The van der Waals surface area contributed by atoms with Crippen LogP contribution in [0.5, 0.6) is 0 Å². The molecule has 0 aromatic carbocycles. The predicted octanol–water partition coefficient (Wildman–Crippen LogP) is 1.52. The van der Waals surface area contributed by atoms with Gasteiger partial charge in [0.15, 0.2) is 0 Å². The van der Waals surface area contributed by atoms with Gasteiger partial charge in [-0.2, -0.15) is 0 Å². The second-order valence-corrected chi connectivity index (χ2v) is 5.77. The molecule has 1 amide bonds. The van der Waals surface area contributed by atoms with E-state index in [1.807, 2.05) is 0 Å². The van der Waals surface area contributed by atoms with E-state index < -0.39 is 0 Å². The molecule has 1 aromatic heterocycles. The molecule has 2 rings (SSSR count). The first kappa shape index (κ1) is 14.5. The van der Waals surface area contributed by atoms with Crippen molar-refractivity contribution in [2.24, 2.45) is 0 Å². The average molecular weight is 282 g/mol. The summed E-state index contributed by atoms with van der Waals surface area (Å²) in [7, 11) is 0. The van der Waals surface area contributed by atoms with Crippen molar-refractivity contribution in [3.05, 3.63) is 22.4 Å². The number of morpholine rings is 1. The molecule has 1 aliphatic rings. The smallest absolute Gasteiger partial charge is 0.220 e. The van der Waals surface area contributed by atoms with Crippen molar-refractivity contribution < 1.29 is 9.53 Å². The highest BCUT2D eigenvalue weighted by molar-refractivity contribution is 7.09. The molecule has 5 heteroatoms. The summed E-state index contributed by atoms with van der Waals surface area (Å²) in [5.74, 6) is 0.171. The lowest BCUT2D eigenvalue weighted by Gasteiger charge is -2.26. The summed E-state index contributed by atoms with van der Waals surface area (Å²) in [5.41, 5.74) is 0. The van der Waals surface area contributed by atoms with Crippen LogP contribution < -0.4 is 5.32 Å². The van der Waals surface area contributed by atoms with Gasteiger partial charge in [-0.3, -0.25) is 9.69 Å². The van der Waals surface area contributed by atoms with Crippen LogP contribution in [0.1, 0.15) is 17.7 Å². The summed E-state index contributed by atoms with van der Waals surface area (Å²) in [6.45, 7) is 5.27. The fourth-order valence-corrected chi connectivity index (χ4v) is 2.90. The highest BCUT2D eigenvalue weighted by Crippen LogP contribution is 2.11. The number of thiophene rings is 1. The van der Waals surface area contributed by atoms with Crippen LogP contribution in [-0.4, -0.2) is 50.2 Å². The van der Waals surface area contributed by atoms with Crippen molar-refractivity contribution in [3.63, 3.8) is 0 Å². The highest BCUT2D eigenvalue weighted by Gasteiger charge is 2.10. The zero-order chi connectivity index (χ0) is 13.3. The van der Waals surface area contributed by atoms with E-state index in [0.717, 1.165) is 52.2 Å². The van der Waals surface area contributed by atoms with Crippen LogP contribution in [0.3, 0.4) is 0 Å². The number of carbonyl (C=O) groups excluding carboxylic acids is 1. The second kappa shape index (κ2) is 8.30. The fourth-order valence-electron chi connectivity index (χ4n) is 2.14. The molecule has 0 saturated carbocycles. The molecule has 0 aliphatic carbocycles. The van der Waals surface area contributed by atoms with Gasteiger partial charge in [0.25, 0.3) is 0 Å². The molecule has 106 valence electrons. The number of nitrogens with zero attached hydrogens (tertiary/aromatic N) is 1. The summed E-state index contributed by atoms with van der Waals surface area (Å²) in [4.78, 5) is 15.4. The minimum Gasteiger partial charge on any atom is -0.379 e. The summed E-state index contributed by atoms with van der Waals surface area (Å²) in [5, 5.41) is 5.07. The number of aryl methyl sites for hydroxylation is 1. The molecule has 1 fully saturated rings. The van der Waals surface area contributed by atoms with Gasteiger partial charge in [-0.05, 0) is 24.3 Å². The third kappa shape index (κ3) is 5.72.